The average Bonchev–Trinajstić information content (AvgIpc) is 3.14. The van der Waals surface area contributed by atoms with Gasteiger partial charge in [-0.25, -0.2) is 0 Å². The Bertz CT molecular complexity index is 590. The Balaban J connectivity index is 1.78. The van der Waals surface area contributed by atoms with Gasteiger partial charge in [0.15, 0.2) is 0 Å². The summed E-state index contributed by atoms with van der Waals surface area (Å²) in [5.41, 5.74) is 1.34. The summed E-state index contributed by atoms with van der Waals surface area (Å²) in [4.78, 5) is 14.9. The lowest BCUT2D eigenvalue weighted by Gasteiger charge is -2.42. The van der Waals surface area contributed by atoms with Crippen molar-refractivity contribution in [1.82, 2.24) is 14.7 Å². The second kappa shape index (κ2) is 6.84. The molecular weight excluding hydrogens is 306 g/mol. The highest BCUT2D eigenvalue weighted by Crippen LogP contribution is 2.31. The lowest BCUT2D eigenvalue weighted by atomic mass is 10.0. The van der Waals surface area contributed by atoms with Crippen molar-refractivity contribution in [2.75, 3.05) is 26.8 Å². The third kappa shape index (κ3) is 3.49. The van der Waals surface area contributed by atoms with Gasteiger partial charge in [-0.2, -0.15) is 5.10 Å². The molecule has 1 saturated heterocycles. The number of carbonyl (C=O) groups is 1. The van der Waals surface area contributed by atoms with E-state index in [9.17, 15) is 4.79 Å². The Morgan fingerprint density at radius 3 is 2.79 bits per heavy atom. The molecule has 0 bridgehead atoms. The molecule has 134 valence electrons. The lowest BCUT2D eigenvalue weighted by molar-refractivity contribution is -0.143. The predicted molar refractivity (Wildman–Crippen MR) is 91.2 cm³/mol. The zero-order chi connectivity index (χ0) is 17.3. The number of rotatable bonds is 4. The zero-order valence-electron chi connectivity index (χ0n) is 15.2. The smallest absolute Gasteiger partial charge is 0.257 e. The first-order valence-electron chi connectivity index (χ1n) is 8.91. The molecule has 0 N–H and O–H groups in total. The Labute approximate surface area is 144 Å². The number of ether oxygens (including phenoxy) is 2. The number of carbonyl (C=O) groups excluding carboxylic acids is 1. The number of morpholine rings is 1. The van der Waals surface area contributed by atoms with Crippen molar-refractivity contribution in [2.45, 2.75) is 64.2 Å². The van der Waals surface area contributed by atoms with Crippen LogP contribution in [0.3, 0.4) is 0 Å². The summed E-state index contributed by atoms with van der Waals surface area (Å²) in [6, 6.07) is 0.453. The van der Waals surface area contributed by atoms with Crippen LogP contribution in [0.4, 0.5) is 0 Å². The van der Waals surface area contributed by atoms with E-state index in [1.807, 2.05) is 25.7 Å². The van der Waals surface area contributed by atoms with Gasteiger partial charge in [0.05, 0.1) is 36.1 Å². The summed E-state index contributed by atoms with van der Waals surface area (Å²) in [5.74, 6) is 0.0502. The molecule has 3 rings (SSSR count). The minimum Gasteiger partial charge on any atom is -0.382 e. The van der Waals surface area contributed by atoms with Crippen molar-refractivity contribution in [1.29, 1.82) is 0 Å². The van der Waals surface area contributed by atoms with Gasteiger partial charge in [0.2, 0.25) is 0 Å². The number of amides is 1. The highest BCUT2D eigenvalue weighted by molar-refractivity contribution is 5.95. The van der Waals surface area contributed by atoms with E-state index in [2.05, 4.69) is 9.78 Å². The van der Waals surface area contributed by atoms with Gasteiger partial charge in [-0.15, -0.1) is 0 Å². The number of aromatic nitrogens is 2. The van der Waals surface area contributed by atoms with Gasteiger partial charge >= 0.3 is 0 Å². The van der Waals surface area contributed by atoms with Gasteiger partial charge in [0.1, 0.15) is 0 Å². The second-order valence-electron chi connectivity index (χ2n) is 7.67. The Hall–Kier alpha value is -1.40. The minimum atomic E-state index is -0.369. The summed E-state index contributed by atoms with van der Waals surface area (Å²) in [5, 5.41) is 4.52. The van der Waals surface area contributed by atoms with Crippen LogP contribution < -0.4 is 0 Å². The van der Waals surface area contributed by atoms with Crippen LogP contribution in [-0.2, 0) is 9.47 Å². The van der Waals surface area contributed by atoms with E-state index in [4.69, 9.17) is 9.47 Å². The highest BCUT2D eigenvalue weighted by Gasteiger charge is 2.37. The quantitative estimate of drug-likeness (QED) is 0.848. The fraction of sp³-hybridized carbons (Fsp3) is 0.778. The van der Waals surface area contributed by atoms with Gasteiger partial charge in [-0.3, -0.25) is 9.48 Å². The molecule has 2 fully saturated rings. The van der Waals surface area contributed by atoms with Crippen LogP contribution in [-0.4, -0.2) is 59.1 Å². The minimum absolute atomic E-state index is 0.0502. The van der Waals surface area contributed by atoms with Crippen LogP contribution in [0.1, 0.15) is 61.6 Å². The number of nitrogens with zero attached hydrogens (tertiary/aromatic N) is 3. The van der Waals surface area contributed by atoms with E-state index in [0.29, 0.717) is 25.7 Å². The largest absolute Gasteiger partial charge is 0.382 e. The van der Waals surface area contributed by atoms with E-state index < -0.39 is 0 Å². The maximum Gasteiger partial charge on any atom is 0.257 e. The Morgan fingerprint density at radius 2 is 2.12 bits per heavy atom. The fourth-order valence-electron chi connectivity index (χ4n) is 4.04. The molecule has 1 unspecified atom stereocenters. The molecule has 2 aliphatic rings. The summed E-state index contributed by atoms with van der Waals surface area (Å²) < 4.78 is 13.3. The molecule has 6 nitrogen and oxygen atoms in total. The fourth-order valence-corrected chi connectivity index (χ4v) is 4.04. The molecule has 1 aliphatic carbocycles. The number of hydrogen-bond acceptors (Lipinski definition) is 4. The monoisotopic (exact) mass is 335 g/mol. The molecule has 6 heteroatoms. The van der Waals surface area contributed by atoms with Crippen LogP contribution in [0.2, 0.25) is 0 Å². The van der Waals surface area contributed by atoms with Crippen molar-refractivity contribution in [3.63, 3.8) is 0 Å². The lowest BCUT2D eigenvalue weighted by Crippen LogP contribution is -2.55. The number of methoxy groups -OCH3 is 1. The Morgan fingerprint density at radius 1 is 1.42 bits per heavy atom. The summed E-state index contributed by atoms with van der Waals surface area (Å²) in [7, 11) is 1.66. The predicted octanol–water partition coefficient (Wildman–Crippen LogP) is 2.57. The first-order chi connectivity index (χ1) is 11.4. The van der Waals surface area contributed by atoms with Gasteiger partial charge in [-0.1, -0.05) is 12.8 Å². The molecule has 1 aliphatic heterocycles. The Kier molecular flexibility index (Phi) is 4.97. The topological polar surface area (TPSA) is 56.6 Å². The van der Waals surface area contributed by atoms with Crippen molar-refractivity contribution < 1.29 is 14.3 Å². The van der Waals surface area contributed by atoms with Crippen LogP contribution in [0, 0.1) is 6.92 Å². The van der Waals surface area contributed by atoms with E-state index in [0.717, 1.165) is 24.1 Å². The molecule has 0 spiro atoms. The van der Waals surface area contributed by atoms with E-state index in [1.54, 1.807) is 13.3 Å². The second-order valence-corrected chi connectivity index (χ2v) is 7.67. The third-order valence-corrected chi connectivity index (χ3v) is 5.07. The van der Waals surface area contributed by atoms with Gasteiger partial charge in [0.25, 0.3) is 5.91 Å². The van der Waals surface area contributed by atoms with Crippen LogP contribution in [0.25, 0.3) is 0 Å². The highest BCUT2D eigenvalue weighted by atomic mass is 16.5. The molecule has 1 aromatic rings. The molecule has 1 aromatic heterocycles. The molecular formula is C18H29N3O3. The first-order valence-corrected chi connectivity index (χ1v) is 8.91. The van der Waals surface area contributed by atoms with E-state index in [-0.39, 0.29) is 17.6 Å². The molecule has 0 aromatic carbocycles. The molecule has 1 amide bonds. The maximum absolute atomic E-state index is 13.1. The summed E-state index contributed by atoms with van der Waals surface area (Å²) in [6.45, 7) is 7.68. The number of hydrogen-bond donors (Lipinski definition) is 0. The van der Waals surface area contributed by atoms with E-state index >= 15 is 0 Å². The average molecular weight is 335 g/mol. The van der Waals surface area contributed by atoms with Crippen molar-refractivity contribution in [3.8, 4) is 0 Å². The standard InChI is InChI=1S/C18H29N3O3/c1-13-16(9-19-21(13)14-7-5-6-8-14)17(22)20-10-15(11-23-4)24-18(2,3)12-20/h9,14-15H,5-8,10-12H2,1-4H3. The van der Waals surface area contributed by atoms with Crippen molar-refractivity contribution >= 4 is 5.91 Å². The molecule has 0 radical (unpaired) electrons. The van der Waals surface area contributed by atoms with E-state index in [1.165, 1.54) is 12.8 Å². The van der Waals surface area contributed by atoms with Crippen molar-refractivity contribution in [3.05, 3.63) is 17.5 Å². The van der Waals surface area contributed by atoms with Crippen LogP contribution in [0.15, 0.2) is 6.20 Å². The molecule has 2 heterocycles. The van der Waals surface area contributed by atoms with Gasteiger partial charge < -0.3 is 14.4 Å². The van der Waals surface area contributed by atoms with Gasteiger partial charge in [0, 0.05) is 25.9 Å². The first kappa shape index (κ1) is 17.4. The molecule has 24 heavy (non-hydrogen) atoms. The molecule has 1 atom stereocenters. The zero-order valence-corrected chi connectivity index (χ0v) is 15.2. The molecule has 1 saturated carbocycles. The maximum atomic E-state index is 13.1. The van der Waals surface area contributed by atoms with Gasteiger partial charge in [-0.05, 0) is 33.6 Å². The van der Waals surface area contributed by atoms with Crippen molar-refractivity contribution in [2.24, 2.45) is 0 Å². The van der Waals surface area contributed by atoms with Crippen LogP contribution in [0.5, 0.6) is 0 Å². The summed E-state index contributed by atoms with van der Waals surface area (Å²) in [6.07, 6.45) is 6.48. The SMILES string of the molecule is COCC1CN(C(=O)c2cnn(C3CCCC3)c2C)CC(C)(C)O1. The third-order valence-electron chi connectivity index (χ3n) is 5.07. The van der Waals surface area contributed by atoms with Crippen LogP contribution >= 0.6 is 0 Å². The normalized spacial score (nSPS) is 24.5. The summed E-state index contributed by atoms with van der Waals surface area (Å²) >= 11 is 0.